The fourth-order valence-corrected chi connectivity index (χ4v) is 4.56. The van der Waals surface area contributed by atoms with Gasteiger partial charge in [0.2, 0.25) is 5.72 Å². The van der Waals surface area contributed by atoms with Crippen LogP contribution in [0, 0.1) is 0 Å². The molecule has 7 heteroatoms. The van der Waals surface area contributed by atoms with E-state index in [2.05, 4.69) is 0 Å². The number of phenols is 1. The maximum Gasteiger partial charge on any atom is 0.229 e. The monoisotopic (exact) mass is 357 g/mol. The molecule has 4 rings (SSSR count). The summed E-state index contributed by atoms with van der Waals surface area (Å²) in [6.07, 6.45) is 2.03. The molecule has 1 aromatic carbocycles. The molecule has 1 N–H and O–H groups in total. The van der Waals surface area contributed by atoms with Crippen LogP contribution in [0.1, 0.15) is 30.7 Å². The minimum absolute atomic E-state index is 0.0541. The number of carbonyl (C=O) groups is 1. The number of morpholine rings is 1. The molecule has 0 spiro atoms. The number of nitrogens with zero attached hydrogens (tertiary/aromatic N) is 1. The van der Waals surface area contributed by atoms with E-state index >= 15 is 0 Å². The van der Waals surface area contributed by atoms with Crippen molar-refractivity contribution in [2.75, 3.05) is 26.3 Å². The Kier molecular flexibility index (Phi) is 3.72. The van der Waals surface area contributed by atoms with Crippen LogP contribution in [-0.4, -0.2) is 47.8 Å². The third-order valence-corrected chi connectivity index (χ3v) is 5.72. The minimum atomic E-state index is -1.06. The Morgan fingerprint density at radius 1 is 1.30 bits per heavy atom. The third kappa shape index (κ3) is 2.10. The van der Waals surface area contributed by atoms with E-state index in [9.17, 15) is 9.90 Å². The Bertz CT molecular complexity index is 675. The predicted octanol–water partition coefficient (Wildman–Crippen LogP) is 2.96. The first-order valence-corrected chi connectivity index (χ1v) is 8.57. The largest absolute Gasteiger partial charge is 0.506 e. The van der Waals surface area contributed by atoms with Gasteiger partial charge in [0.1, 0.15) is 11.5 Å². The number of ketones is 1. The zero-order chi connectivity index (χ0) is 16.2. The van der Waals surface area contributed by atoms with Crippen LogP contribution in [0.3, 0.4) is 0 Å². The van der Waals surface area contributed by atoms with E-state index < -0.39 is 5.72 Å². The molecule has 1 aromatic rings. The zero-order valence-corrected chi connectivity index (χ0v) is 14.0. The summed E-state index contributed by atoms with van der Waals surface area (Å²) < 4.78 is 11.6. The van der Waals surface area contributed by atoms with Gasteiger partial charge in [-0.15, -0.1) is 0 Å². The molecule has 1 saturated carbocycles. The fourth-order valence-electron chi connectivity index (χ4n) is 4.05. The van der Waals surface area contributed by atoms with Crippen LogP contribution in [-0.2, 0) is 9.53 Å². The molecule has 2 atom stereocenters. The average Bonchev–Trinajstić information content (AvgIpc) is 2.92. The molecule has 5 nitrogen and oxygen atoms in total. The van der Waals surface area contributed by atoms with E-state index in [0.29, 0.717) is 44.0 Å². The number of rotatable bonds is 1. The zero-order valence-electron chi connectivity index (χ0n) is 12.5. The van der Waals surface area contributed by atoms with Gasteiger partial charge in [0.05, 0.1) is 29.2 Å². The van der Waals surface area contributed by atoms with E-state index in [1.165, 1.54) is 6.07 Å². The van der Waals surface area contributed by atoms with Crippen molar-refractivity contribution in [1.29, 1.82) is 0 Å². The molecule has 2 fully saturated rings. The van der Waals surface area contributed by atoms with Gasteiger partial charge >= 0.3 is 0 Å². The Labute approximate surface area is 144 Å². The fraction of sp³-hybridized carbons (Fsp3) is 0.562. The first-order valence-electron chi connectivity index (χ1n) is 7.81. The van der Waals surface area contributed by atoms with Gasteiger partial charge in [-0.2, -0.15) is 0 Å². The molecule has 124 valence electrons. The summed E-state index contributed by atoms with van der Waals surface area (Å²) in [5.41, 5.74) is -0.401. The van der Waals surface area contributed by atoms with Crippen molar-refractivity contribution in [2.45, 2.75) is 30.9 Å². The van der Waals surface area contributed by atoms with Crippen molar-refractivity contribution < 1.29 is 19.4 Å². The van der Waals surface area contributed by atoms with Crippen molar-refractivity contribution in [1.82, 2.24) is 4.90 Å². The molecular formula is C16H17Cl2NO4. The number of aromatic hydroxyl groups is 1. The van der Waals surface area contributed by atoms with Crippen LogP contribution in [0.5, 0.6) is 11.5 Å². The molecule has 23 heavy (non-hydrogen) atoms. The van der Waals surface area contributed by atoms with Gasteiger partial charge in [-0.25, -0.2) is 0 Å². The second-order valence-corrected chi connectivity index (χ2v) is 6.99. The van der Waals surface area contributed by atoms with E-state index in [4.69, 9.17) is 32.7 Å². The Balaban J connectivity index is 1.88. The average molecular weight is 358 g/mol. The van der Waals surface area contributed by atoms with E-state index in [0.717, 1.165) is 12.8 Å². The topological polar surface area (TPSA) is 59.0 Å². The van der Waals surface area contributed by atoms with Crippen LogP contribution in [0.4, 0.5) is 0 Å². The van der Waals surface area contributed by atoms with E-state index in [-0.39, 0.29) is 27.5 Å². The van der Waals surface area contributed by atoms with Gasteiger partial charge in [0.25, 0.3) is 0 Å². The number of Topliss-reactive ketones (excluding diaryl/α,β-unsaturated/α-hetero) is 1. The van der Waals surface area contributed by atoms with E-state index in [1.54, 1.807) is 0 Å². The number of fused-ring (bicyclic) bond motifs is 3. The van der Waals surface area contributed by atoms with Crippen molar-refractivity contribution in [2.24, 2.45) is 0 Å². The Morgan fingerprint density at radius 3 is 2.78 bits per heavy atom. The van der Waals surface area contributed by atoms with Gasteiger partial charge in [-0.1, -0.05) is 23.2 Å². The molecule has 3 aliphatic rings. The van der Waals surface area contributed by atoms with Crippen molar-refractivity contribution in [3.63, 3.8) is 0 Å². The number of halogens is 2. The number of hydrogen-bond donors (Lipinski definition) is 1. The number of ether oxygens (including phenoxy) is 2. The summed E-state index contributed by atoms with van der Waals surface area (Å²) in [6.45, 7) is 2.37. The Hall–Kier alpha value is -1.01. The number of hydrogen-bond acceptors (Lipinski definition) is 5. The summed E-state index contributed by atoms with van der Waals surface area (Å²) in [7, 11) is 0. The van der Waals surface area contributed by atoms with Crippen molar-refractivity contribution in [3.05, 3.63) is 21.7 Å². The number of phenolic OH excluding ortho intramolecular Hbond substituents is 1. The standard InChI is InChI=1S/C16H17Cl2NO4/c17-10-8-11(20)14(18)13-9-2-1-3-12(21)16(9,23-15(10)13)19-4-6-22-7-5-19/h8-9,20H,1-7H2. The molecule has 0 amide bonds. The quantitative estimate of drug-likeness (QED) is 0.837. The van der Waals surface area contributed by atoms with Crippen molar-refractivity contribution in [3.8, 4) is 11.5 Å². The predicted molar refractivity (Wildman–Crippen MR) is 85.5 cm³/mol. The summed E-state index contributed by atoms with van der Waals surface area (Å²) >= 11 is 12.6. The number of benzene rings is 1. The van der Waals surface area contributed by atoms with Gasteiger partial charge in [-0.3, -0.25) is 9.69 Å². The number of carbonyl (C=O) groups excluding carboxylic acids is 1. The lowest BCUT2D eigenvalue weighted by atomic mass is 9.76. The van der Waals surface area contributed by atoms with Gasteiger partial charge < -0.3 is 14.6 Å². The van der Waals surface area contributed by atoms with Crippen molar-refractivity contribution >= 4 is 29.0 Å². The first kappa shape index (κ1) is 15.5. The summed E-state index contributed by atoms with van der Waals surface area (Å²) in [5.74, 6) is 0.198. The Morgan fingerprint density at radius 2 is 2.04 bits per heavy atom. The lowest BCUT2D eigenvalue weighted by Crippen LogP contribution is -2.64. The summed E-state index contributed by atoms with van der Waals surface area (Å²) in [6, 6.07) is 1.37. The highest BCUT2D eigenvalue weighted by atomic mass is 35.5. The van der Waals surface area contributed by atoms with E-state index in [1.807, 2.05) is 4.90 Å². The normalized spacial score (nSPS) is 30.7. The SMILES string of the molecule is O=C1CCCC2c3c(Cl)c(O)cc(Cl)c3OC12N1CCOCC1. The molecule has 2 aliphatic heterocycles. The van der Waals surface area contributed by atoms with Crippen LogP contribution in [0.2, 0.25) is 10.0 Å². The van der Waals surface area contributed by atoms with Gasteiger partial charge in [-0.05, 0) is 12.8 Å². The van der Waals surface area contributed by atoms with Crippen LogP contribution >= 0.6 is 23.2 Å². The lowest BCUT2D eigenvalue weighted by molar-refractivity contribution is -0.168. The highest BCUT2D eigenvalue weighted by Gasteiger charge is 2.60. The maximum absolute atomic E-state index is 12.9. The minimum Gasteiger partial charge on any atom is -0.506 e. The molecular weight excluding hydrogens is 341 g/mol. The molecule has 2 unspecified atom stereocenters. The second kappa shape index (κ2) is 5.52. The van der Waals surface area contributed by atoms with Gasteiger partial charge in [0.15, 0.2) is 5.78 Å². The van der Waals surface area contributed by atoms with Crippen LogP contribution in [0.25, 0.3) is 0 Å². The third-order valence-electron chi connectivity index (χ3n) is 5.04. The smallest absolute Gasteiger partial charge is 0.229 e. The highest BCUT2D eigenvalue weighted by molar-refractivity contribution is 6.36. The molecule has 0 bridgehead atoms. The van der Waals surface area contributed by atoms with Gasteiger partial charge in [0, 0.05) is 31.1 Å². The molecule has 0 radical (unpaired) electrons. The maximum atomic E-state index is 12.9. The first-order chi connectivity index (χ1) is 11.1. The highest BCUT2D eigenvalue weighted by Crippen LogP contribution is 2.58. The van der Waals surface area contributed by atoms with Crippen LogP contribution in [0.15, 0.2) is 6.07 Å². The molecule has 1 aliphatic carbocycles. The van der Waals surface area contributed by atoms with Crippen LogP contribution < -0.4 is 4.74 Å². The second-order valence-electron chi connectivity index (χ2n) is 6.20. The molecule has 2 heterocycles. The molecule has 0 aromatic heterocycles. The summed E-state index contributed by atoms with van der Waals surface area (Å²) in [4.78, 5) is 15.0. The lowest BCUT2D eigenvalue weighted by Gasteiger charge is -2.46. The molecule has 1 saturated heterocycles. The summed E-state index contributed by atoms with van der Waals surface area (Å²) in [5, 5.41) is 10.5.